The lowest BCUT2D eigenvalue weighted by Gasteiger charge is -2.20. The van der Waals surface area contributed by atoms with Crippen molar-refractivity contribution in [1.29, 1.82) is 0 Å². The van der Waals surface area contributed by atoms with Gasteiger partial charge in [0.2, 0.25) is 0 Å². The van der Waals surface area contributed by atoms with Crippen LogP contribution in [0.5, 0.6) is 5.75 Å². The van der Waals surface area contributed by atoms with Gasteiger partial charge in [-0.2, -0.15) is 11.3 Å². The molecule has 0 saturated carbocycles. The fourth-order valence-corrected chi connectivity index (χ4v) is 2.36. The third kappa shape index (κ3) is 6.50. The summed E-state index contributed by atoms with van der Waals surface area (Å²) in [6, 6.07) is 1.92. The molecule has 1 N–H and O–H groups in total. The molecule has 0 bridgehead atoms. The highest BCUT2D eigenvalue weighted by atomic mass is 32.1. The second-order valence-corrected chi connectivity index (χ2v) is 6.95. The van der Waals surface area contributed by atoms with Crippen molar-refractivity contribution in [1.82, 2.24) is 15.3 Å². The summed E-state index contributed by atoms with van der Waals surface area (Å²) >= 11 is 1.56. The lowest BCUT2D eigenvalue weighted by molar-refractivity contribution is 0.0531. The molecule has 0 aliphatic carbocycles. The molecule has 8 heteroatoms. The number of hydrogen-bond donors (Lipinski definition) is 1. The number of aromatic nitrogens is 2. The van der Waals surface area contributed by atoms with Crippen LogP contribution in [0.25, 0.3) is 11.4 Å². The molecule has 0 unspecified atom stereocenters. The summed E-state index contributed by atoms with van der Waals surface area (Å²) in [7, 11) is 0. The van der Waals surface area contributed by atoms with E-state index in [4.69, 9.17) is 9.47 Å². The van der Waals surface area contributed by atoms with E-state index >= 15 is 0 Å². The van der Waals surface area contributed by atoms with Crippen LogP contribution in [0.3, 0.4) is 0 Å². The number of alkyl carbamates (subject to hydrolysis) is 1. The van der Waals surface area contributed by atoms with E-state index in [1.165, 1.54) is 12.4 Å². The molecule has 2 rings (SSSR count). The van der Waals surface area contributed by atoms with Crippen molar-refractivity contribution in [2.45, 2.75) is 26.4 Å². The van der Waals surface area contributed by atoms with Gasteiger partial charge in [0, 0.05) is 23.1 Å². The predicted molar refractivity (Wildman–Crippen MR) is 94.3 cm³/mol. The average molecular weight is 365 g/mol. The summed E-state index contributed by atoms with van der Waals surface area (Å²) in [6.45, 7) is 5.21. The monoisotopic (exact) mass is 365 g/mol. The minimum atomic E-state index is -0.615. The van der Waals surface area contributed by atoms with E-state index in [0.29, 0.717) is 17.9 Å². The van der Waals surface area contributed by atoms with Crippen molar-refractivity contribution >= 4 is 17.4 Å². The number of halogens is 1. The summed E-state index contributed by atoms with van der Waals surface area (Å²) in [5.41, 5.74) is 0.581. The van der Waals surface area contributed by atoms with Gasteiger partial charge in [-0.3, -0.25) is 0 Å². The minimum absolute atomic E-state index is 0.0146. The first-order valence-electron chi connectivity index (χ1n) is 7.60. The molecule has 0 saturated heterocycles. The standard InChI is InChI=1S/C17H20FN3O3S/c1-17(2,3)24-16(22)21-7-12(6-18)10-23-14-8-19-15(20-9-14)13-4-5-25-11-13/h4-6,8-9,11H,7,10H2,1-3H3,(H,21,22). The number of amides is 1. The van der Waals surface area contributed by atoms with Gasteiger partial charge in [0.05, 0.1) is 18.7 Å². The Kier molecular flexibility index (Phi) is 6.46. The maximum atomic E-state index is 12.9. The van der Waals surface area contributed by atoms with Crippen molar-refractivity contribution < 1.29 is 18.7 Å². The number of ether oxygens (including phenoxy) is 2. The number of carbonyl (C=O) groups excluding carboxylic acids is 1. The SMILES string of the molecule is CC(C)(C)OC(=O)NCC(=CF)COc1cnc(-c2ccsc2)nc1. The van der Waals surface area contributed by atoms with Crippen LogP contribution in [0.4, 0.5) is 9.18 Å². The number of hydrogen-bond acceptors (Lipinski definition) is 6. The van der Waals surface area contributed by atoms with Crippen LogP contribution in [-0.4, -0.2) is 34.8 Å². The zero-order chi connectivity index (χ0) is 18.3. The third-order valence-electron chi connectivity index (χ3n) is 2.84. The molecule has 2 aromatic heterocycles. The van der Waals surface area contributed by atoms with E-state index in [-0.39, 0.29) is 18.7 Å². The number of carbonyl (C=O) groups is 1. The molecule has 1 amide bonds. The highest BCUT2D eigenvalue weighted by Crippen LogP contribution is 2.19. The summed E-state index contributed by atoms with van der Waals surface area (Å²) in [5.74, 6) is 1.01. The summed E-state index contributed by atoms with van der Waals surface area (Å²) < 4.78 is 23.5. The maximum Gasteiger partial charge on any atom is 0.407 e. The lowest BCUT2D eigenvalue weighted by atomic mass is 10.2. The second-order valence-electron chi connectivity index (χ2n) is 6.17. The zero-order valence-corrected chi connectivity index (χ0v) is 15.1. The molecule has 0 radical (unpaired) electrons. The van der Waals surface area contributed by atoms with Crippen LogP contribution in [-0.2, 0) is 4.74 Å². The van der Waals surface area contributed by atoms with Crippen LogP contribution in [0.1, 0.15) is 20.8 Å². The molecular weight excluding hydrogens is 345 g/mol. The van der Waals surface area contributed by atoms with E-state index in [1.807, 2.05) is 16.8 Å². The van der Waals surface area contributed by atoms with Gasteiger partial charge in [0.25, 0.3) is 0 Å². The van der Waals surface area contributed by atoms with Crippen molar-refractivity contribution in [3.8, 4) is 17.1 Å². The number of thiophene rings is 1. The van der Waals surface area contributed by atoms with E-state index in [9.17, 15) is 9.18 Å². The smallest absolute Gasteiger partial charge is 0.407 e. The van der Waals surface area contributed by atoms with Gasteiger partial charge in [-0.1, -0.05) is 0 Å². The van der Waals surface area contributed by atoms with Gasteiger partial charge in [-0.15, -0.1) is 0 Å². The molecule has 0 fully saturated rings. The third-order valence-corrected chi connectivity index (χ3v) is 3.53. The normalized spacial score (nSPS) is 11.9. The fourth-order valence-electron chi connectivity index (χ4n) is 1.73. The molecule has 0 aromatic carbocycles. The van der Waals surface area contributed by atoms with Crippen LogP contribution >= 0.6 is 11.3 Å². The van der Waals surface area contributed by atoms with Gasteiger partial charge >= 0.3 is 6.09 Å². The second kappa shape index (κ2) is 8.57. The van der Waals surface area contributed by atoms with E-state index < -0.39 is 11.7 Å². The largest absolute Gasteiger partial charge is 0.486 e. The molecule has 134 valence electrons. The highest BCUT2D eigenvalue weighted by molar-refractivity contribution is 7.08. The molecule has 2 aromatic rings. The molecule has 0 spiro atoms. The molecule has 6 nitrogen and oxygen atoms in total. The summed E-state index contributed by atoms with van der Waals surface area (Å²) in [5, 5.41) is 6.36. The van der Waals surface area contributed by atoms with Gasteiger partial charge in [-0.25, -0.2) is 19.2 Å². The van der Waals surface area contributed by atoms with E-state index in [0.717, 1.165) is 5.56 Å². The average Bonchev–Trinajstić information content (AvgIpc) is 3.08. The Morgan fingerprint density at radius 2 is 2.08 bits per heavy atom. The first-order chi connectivity index (χ1) is 11.9. The quantitative estimate of drug-likeness (QED) is 0.839. The zero-order valence-electron chi connectivity index (χ0n) is 14.3. The maximum absolute atomic E-state index is 12.9. The van der Waals surface area contributed by atoms with Crippen LogP contribution in [0.15, 0.2) is 41.1 Å². The highest BCUT2D eigenvalue weighted by Gasteiger charge is 2.16. The number of nitrogens with one attached hydrogen (secondary N) is 1. The van der Waals surface area contributed by atoms with Crippen molar-refractivity contribution in [3.63, 3.8) is 0 Å². The number of rotatable bonds is 6. The van der Waals surface area contributed by atoms with Crippen molar-refractivity contribution in [2.24, 2.45) is 0 Å². The van der Waals surface area contributed by atoms with Gasteiger partial charge < -0.3 is 14.8 Å². The summed E-state index contributed by atoms with van der Waals surface area (Å²) in [4.78, 5) is 20.0. The van der Waals surface area contributed by atoms with E-state index in [2.05, 4.69) is 15.3 Å². The molecular formula is C17H20FN3O3S. The van der Waals surface area contributed by atoms with Crippen LogP contribution in [0, 0.1) is 0 Å². The molecule has 2 heterocycles. The minimum Gasteiger partial charge on any atom is -0.486 e. The molecule has 25 heavy (non-hydrogen) atoms. The Morgan fingerprint density at radius 3 is 2.64 bits per heavy atom. The van der Waals surface area contributed by atoms with Crippen molar-refractivity contribution in [3.05, 3.63) is 41.1 Å². The van der Waals surface area contributed by atoms with Crippen molar-refractivity contribution in [2.75, 3.05) is 13.2 Å². The van der Waals surface area contributed by atoms with Gasteiger partial charge in [0.1, 0.15) is 12.2 Å². The Morgan fingerprint density at radius 1 is 1.36 bits per heavy atom. The lowest BCUT2D eigenvalue weighted by Crippen LogP contribution is -2.34. The Bertz CT molecular complexity index is 710. The topological polar surface area (TPSA) is 73.3 Å². The van der Waals surface area contributed by atoms with Gasteiger partial charge in [0.15, 0.2) is 11.6 Å². The van der Waals surface area contributed by atoms with Crippen LogP contribution in [0.2, 0.25) is 0 Å². The molecule has 0 atom stereocenters. The first-order valence-corrected chi connectivity index (χ1v) is 8.54. The van der Waals surface area contributed by atoms with E-state index in [1.54, 1.807) is 32.1 Å². The first kappa shape index (κ1) is 18.9. The fraction of sp³-hybridized carbons (Fsp3) is 0.353. The Balaban J connectivity index is 1.81. The predicted octanol–water partition coefficient (Wildman–Crippen LogP) is 3.96. The van der Waals surface area contributed by atoms with Gasteiger partial charge in [-0.05, 0) is 32.2 Å². The van der Waals surface area contributed by atoms with Crippen LogP contribution < -0.4 is 10.1 Å². The molecule has 0 aliphatic rings. The number of nitrogens with zero attached hydrogens (tertiary/aromatic N) is 2. The Hall–Kier alpha value is -2.48. The molecule has 0 aliphatic heterocycles. The Labute approximate surface area is 149 Å². The summed E-state index contributed by atoms with van der Waals surface area (Å²) in [6.07, 6.45) is 2.84.